The van der Waals surface area contributed by atoms with Crippen LogP contribution in [0.15, 0.2) is 22.6 Å². The van der Waals surface area contributed by atoms with Gasteiger partial charge in [0.25, 0.3) is 0 Å². The molecule has 20 heavy (non-hydrogen) atoms. The van der Waals surface area contributed by atoms with Crippen LogP contribution in [0, 0.1) is 24.6 Å². The summed E-state index contributed by atoms with van der Waals surface area (Å²) in [5, 5.41) is 4.27. The van der Waals surface area contributed by atoms with E-state index in [-0.39, 0.29) is 11.9 Å². The molecule has 0 amide bonds. The molecule has 1 heterocycles. The molecule has 0 saturated carbocycles. The first-order valence-corrected chi connectivity index (χ1v) is 6.99. The van der Waals surface area contributed by atoms with E-state index in [0.29, 0.717) is 0 Å². The molecule has 1 unspecified atom stereocenters. The average molecular weight is 273 g/mol. The van der Waals surface area contributed by atoms with Crippen molar-refractivity contribution in [1.82, 2.24) is 5.32 Å². The van der Waals surface area contributed by atoms with E-state index in [9.17, 15) is 4.39 Å². The summed E-state index contributed by atoms with van der Waals surface area (Å²) in [6.45, 7) is 6.75. The molecule has 2 nitrogen and oxygen atoms in total. The maximum absolute atomic E-state index is 13.3. The second-order valence-electron chi connectivity index (χ2n) is 4.81. The largest absolute Gasteiger partial charge is 0.459 e. The van der Waals surface area contributed by atoms with E-state index in [1.54, 1.807) is 6.07 Å². The molecule has 0 bridgehead atoms. The summed E-state index contributed by atoms with van der Waals surface area (Å²) in [5.74, 6) is 6.65. The Morgan fingerprint density at radius 1 is 1.40 bits per heavy atom. The Morgan fingerprint density at radius 2 is 2.20 bits per heavy atom. The molecule has 0 fully saturated rings. The normalized spacial score (nSPS) is 12.2. The van der Waals surface area contributed by atoms with Gasteiger partial charge >= 0.3 is 0 Å². The Bertz CT molecular complexity index is 648. The number of hydrogen-bond acceptors (Lipinski definition) is 2. The molecule has 0 spiro atoms. The molecule has 2 rings (SSSR count). The van der Waals surface area contributed by atoms with Crippen molar-refractivity contribution in [2.24, 2.45) is 0 Å². The number of halogens is 1. The third-order valence-corrected chi connectivity index (χ3v) is 3.44. The van der Waals surface area contributed by atoms with Gasteiger partial charge in [0.05, 0.1) is 6.04 Å². The van der Waals surface area contributed by atoms with Crippen LogP contribution in [0.1, 0.15) is 44.1 Å². The first-order valence-electron chi connectivity index (χ1n) is 6.99. The van der Waals surface area contributed by atoms with E-state index in [4.69, 9.17) is 4.42 Å². The minimum absolute atomic E-state index is 0.122. The van der Waals surface area contributed by atoms with Crippen molar-refractivity contribution in [3.8, 4) is 11.8 Å². The molecule has 3 heteroatoms. The van der Waals surface area contributed by atoms with E-state index in [1.807, 2.05) is 13.8 Å². The summed E-state index contributed by atoms with van der Waals surface area (Å²) in [6.07, 6.45) is 1.71. The van der Waals surface area contributed by atoms with Crippen LogP contribution in [0.5, 0.6) is 0 Å². The van der Waals surface area contributed by atoms with Crippen LogP contribution >= 0.6 is 0 Å². The van der Waals surface area contributed by atoms with Gasteiger partial charge in [-0.25, -0.2) is 4.39 Å². The Labute approximate surface area is 119 Å². The van der Waals surface area contributed by atoms with Crippen LogP contribution < -0.4 is 5.32 Å². The maximum Gasteiger partial charge on any atom is 0.134 e. The highest BCUT2D eigenvalue weighted by molar-refractivity contribution is 5.82. The zero-order valence-electron chi connectivity index (χ0n) is 12.2. The van der Waals surface area contributed by atoms with Crippen LogP contribution in [0.3, 0.4) is 0 Å². The Hall–Kier alpha value is -1.79. The first kappa shape index (κ1) is 14.6. The van der Waals surface area contributed by atoms with Gasteiger partial charge in [0.15, 0.2) is 0 Å². The molecule has 1 atom stereocenters. The molecule has 0 saturated heterocycles. The molecule has 0 aliphatic heterocycles. The highest BCUT2D eigenvalue weighted by Crippen LogP contribution is 2.31. The van der Waals surface area contributed by atoms with Gasteiger partial charge in [0.1, 0.15) is 17.2 Å². The molecular weight excluding hydrogens is 253 g/mol. The molecular formula is C17H20FNO. The van der Waals surface area contributed by atoms with Crippen molar-refractivity contribution in [2.75, 3.05) is 6.54 Å². The van der Waals surface area contributed by atoms with Gasteiger partial charge in [-0.15, -0.1) is 11.8 Å². The summed E-state index contributed by atoms with van der Waals surface area (Å²) >= 11 is 0. The fourth-order valence-corrected chi connectivity index (χ4v) is 2.46. The zero-order chi connectivity index (χ0) is 14.5. The molecule has 2 aromatic rings. The number of benzene rings is 1. The summed E-state index contributed by atoms with van der Waals surface area (Å²) < 4.78 is 19.3. The minimum Gasteiger partial charge on any atom is -0.459 e. The van der Waals surface area contributed by atoms with E-state index in [2.05, 4.69) is 24.1 Å². The molecule has 0 aliphatic carbocycles. The van der Waals surface area contributed by atoms with Crippen molar-refractivity contribution >= 4 is 11.0 Å². The molecule has 1 N–H and O–H groups in total. The number of aryl methyl sites for hydroxylation is 1. The van der Waals surface area contributed by atoms with Gasteiger partial charge in [-0.1, -0.05) is 6.92 Å². The topological polar surface area (TPSA) is 25.2 Å². The Morgan fingerprint density at radius 3 is 2.90 bits per heavy atom. The second-order valence-corrected chi connectivity index (χ2v) is 4.81. The predicted molar refractivity (Wildman–Crippen MR) is 80.0 cm³/mol. The molecule has 1 aromatic carbocycles. The van der Waals surface area contributed by atoms with E-state index in [0.717, 1.165) is 41.7 Å². The van der Waals surface area contributed by atoms with Gasteiger partial charge in [0, 0.05) is 17.4 Å². The quantitative estimate of drug-likeness (QED) is 0.820. The van der Waals surface area contributed by atoms with E-state index < -0.39 is 0 Å². The highest BCUT2D eigenvalue weighted by Gasteiger charge is 2.19. The van der Waals surface area contributed by atoms with Crippen LogP contribution in [0.25, 0.3) is 11.0 Å². The van der Waals surface area contributed by atoms with Crippen molar-refractivity contribution in [3.63, 3.8) is 0 Å². The lowest BCUT2D eigenvalue weighted by molar-refractivity contribution is 0.418. The third kappa shape index (κ3) is 3.02. The molecule has 0 aliphatic rings. The predicted octanol–water partition coefficient (Wildman–Crippen LogP) is 4.33. The van der Waals surface area contributed by atoms with E-state index >= 15 is 0 Å². The summed E-state index contributed by atoms with van der Waals surface area (Å²) in [5.41, 5.74) is 1.75. The SMILES string of the molecule is CC#CCCC(NCC)c1oc2ccc(F)cc2c1C. The zero-order valence-corrected chi connectivity index (χ0v) is 12.2. The van der Waals surface area contributed by atoms with Gasteiger partial charge in [-0.2, -0.15) is 0 Å². The summed E-state index contributed by atoms with van der Waals surface area (Å²) in [6, 6.07) is 4.78. The van der Waals surface area contributed by atoms with E-state index in [1.165, 1.54) is 12.1 Å². The number of hydrogen-bond donors (Lipinski definition) is 1. The van der Waals surface area contributed by atoms with Crippen LogP contribution in [-0.4, -0.2) is 6.54 Å². The van der Waals surface area contributed by atoms with Gasteiger partial charge in [-0.3, -0.25) is 0 Å². The lowest BCUT2D eigenvalue weighted by Gasteiger charge is -2.15. The fourth-order valence-electron chi connectivity index (χ4n) is 2.46. The lowest BCUT2D eigenvalue weighted by Crippen LogP contribution is -2.20. The standard InChI is InChI=1S/C17H20FNO/c1-4-6-7-8-15(19-5-2)17-12(3)14-11-13(18)9-10-16(14)20-17/h9-11,15,19H,5,7-8H2,1-3H3. The molecule has 0 radical (unpaired) electrons. The van der Waals surface area contributed by atoms with Crippen LogP contribution in [-0.2, 0) is 0 Å². The van der Waals surface area contributed by atoms with Gasteiger partial charge in [0.2, 0.25) is 0 Å². The first-order chi connectivity index (χ1) is 9.67. The van der Waals surface area contributed by atoms with Crippen molar-refractivity contribution in [1.29, 1.82) is 0 Å². The number of furan rings is 1. The summed E-state index contributed by atoms with van der Waals surface area (Å²) in [7, 11) is 0. The van der Waals surface area contributed by atoms with Gasteiger partial charge < -0.3 is 9.73 Å². The number of nitrogens with one attached hydrogen (secondary N) is 1. The number of fused-ring (bicyclic) bond motifs is 1. The minimum atomic E-state index is -0.232. The van der Waals surface area contributed by atoms with Gasteiger partial charge in [-0.05, 0) is 45.0 Å². The number of rotatable bonds is 5. The lowest BCUT2D eigenvalue weighted by atomic mass is 10.0. The van der Waals surface area contributed by atoms with Crippen molar-refractivity contribution in [2.45, 2.75) is 39.7 Å². The average Bonchev–Trinajstić information content (AvgIpc) is 2.75. The fraction of sp³-hybridized carbons (Fsp3) is 0.412. The Balaban J connectivity index is 2.36. The molecule has 106 valence electrons. The van der Waals surface area contributed by atoms with Crippen LogP contribution in [0.2, 0.25) is 0 Å². The summed E-state index contributed by atoms with van der Waals surface area (Å²) in [4.78, 5) is 0. The Kier molecular flexibility index (Phi) is 4.81. The van der Waals surface area contributed by atoms with Crippen molar-refractivity contribution < 1.29 is 8.81 Å². The smallest absolute Gasteiger partial charge is 0.134 e. The van der Waals surface area contributed by atoms with Crippen molar-refractivity contribution in [3.05, 3.63) is 35.3 Å². The monoisotopic (exact) mass is 273 g/mol. The third-order valence-electron chi connectivity index (χ3n) is 3.44. The second kappa shape index (κ2) is 6.58. The highest BCUT2D eigenvalue weighted by atomic mass is 19.1. The van der Waals surface area contributed by atoms with Crippen LogP contribution in [0.4, 0.5) is 4.39 Å². The molecule has 1 aromatic heterocycles. The maximum atomic E-state index is 13.3.